The number of amides is 4. The molecule has 0 aliphatic carbocycles. The molecule has 1 aromatic heterocycles. The lowest BCUT2D eigenvalue weighted by Gasteiger charge is -2.27. The van der Waals surface area contributed by atoms with Crippen LogP contribution in [0, 0.1) is 29.6 Å². The highest BCUT2D eigenvalue weighted by Crippen LogP contribution is 2.22. The van der Waals surface area contributed by atoms with Gasteiger partial charge in [-0.25, -0.2) is 4.98 Å². The summed E-state index contributed by atoms with van der Waals surface area (Å²) in [5.74, 6) is -8.69. The highest BCUT2D eigenvalue weighted by Gasteiger charge is 2.35. The number of guanidine groups is 1. The summed E-state index contributed by atoms with van der Waals surface area (Å²) in [5.41, 5.74) is 17.7. The zero-order valence-electron chi connectivity index (χ0n) is 35.1. The van der Waals surface area contributed by atoms with Crippen LogP contribution in [0.5, 0.6) is 5.75 Å². The van der Waals surface area contributed by atoms with Gasteiger partial charge in [0.15, 0.2) is 23.3 Å². The monoisotopic (exact) mass is 841 g/mol. The molecule has 332 valence electrons. The van der Waals surface area contributed by atoms with Crippen LogP contribution >= 0.6 is 0 Å². The van der Waals surface area contributed by atoms with Crippen molar-refractivity contribution in [2.45, 2.75) is 110 Å². The van der Waals surface area contributed by atoms with Gasteiger partial charge in [-0.15, -0.1) is 0 Å². The minimum Gasteiger partial charge on any atom is -0.508 e. The SMILES string of the molecule is CC[C@H](C)[C@H](NC(=O)[C@@H](CC(=O)[C@H](C)NC(=O)[C@H](CCCN=C(N)N)CC(=O)[C@@H](NC(=O)[C@@H](C)CO)[C@@H](C)O)Cc1ccc(O)cc1)C(=O)C[C@@H](Cc1cnc[nH]1)C(N)=O. The summed E-state index contributed by atoms with van der Waals surface area (Å²) in [6, 6.07) is 2.46. The lowest BCUT2D eigenvalue weighted by atomic mass is 9.86. The van der Waals surface area contributed by atoms with Gasteiger partial charge >= 0.3 is 0 Å². The fraction of sp³-hybridized carbons (Fsp3) is 0.585. The first-order valence-electron chi connectivity index (χ1n) is 20.2. The molecule has 1 heterocycles. The number of ketones is 3. The summed E-state index contributed by atoms with van der Waals surface area (Å²) in [6.07, 6.45) is 1.54. The number of aliphatic hydroxyl groups is 2. The molecule has 9 atom stereocenters. The van der Waals surface area contributed by atoms with Gasteiger partial charge in [0.05, 0.1) is 43.0 Å². The van der Waals surface area contributed by atoms with E-state index in [0.717, 1.165) is 0 Å². The van der Waals surface area contributed by atoms with Crippen molar-refractivity contribution in [1.29, 1.82) is 0 Å². The molecule has 0 spiro atoms. The Morgan fingerprint density at radius 2 is 1.37 bits per heavy atom. The Bertz CT molecular complexity index is 1760. The lowest BCUT2D eigenvalue weighted by Crippen LogP contribution is -2.51. The summed E-state index contributed by atoms with van der Waals surface area (Å²) in [7, 11) is 0. The number of aliphatic hydroxyl groups excluding tert-OH is 2. The normalized spacial score (nSPS) is 15.7. The quantitative estimate of drug-likeness (QED) is 0.0299. The van der Waals surface area contributed by atoms with E-state index in [4.69, 9.17) is 17.2 Å². The summed E-state index contributed by atoms with van der Waals surface area (Å²) in [4.78, 5) is 104. The van der Waals surface area contributed by atoms with Gasteiger partial charge < -0.3 is 53.5 Å². The molecule has 0 saturated heterocycles. The van der Waals surface area contributed by atoms with Gasteiger partial charge in [-0.3, -0.25) is 38.6 Å². The molecule has 0 fully saturated rings. The van der Waals surface area contributed by atoms with Crippen LogP contribution < -0.4 is 33.2 Å². The number of nitrogens with zero attached hydrogens (tertiary/aromatic N) is 2. The number of phenols is 1. The number of nitrogens with one attached hydrogen (secondary N) is 4. The van der Waals surface area contributed by atoms with Crippen LogP contribution in [0.1, 0.15) is 84.4 Å². The van der Waals surface area contributed by atoms with E-state index < -0.39 is 102 Å². The molecule has 60 heavy (non-hydrogen) atoms. The molecule has 19 nitrogen and oxygen atoms in total. The maximum atomic E-state index is 14.1. The Kier molecular flexibility index (Phi) is 21.1. The van der Waals surface area contributed by atoms with E-state index in [1.54, 1.807) is 19.1 Å². The molecule has 4 amide bonds. The first-order valence-corrected chi connectivity index (χ1v) is 20.2. The van der Waals surface area contributed by atoms with E-state index in [2.05, 4.69) is 30.9 Å². The number of imidazole rings is 1. The third kappa shape index (κ3) is 16.9. The Labute approximate surface area is 350 Å². The van der Waals surface area contributed by atoms with E-state index in [1.807, 2.05) is 6.92 Å². The molecule has 19 heteroatoms. The number of aromatic amines is 1. The van der Waals surface area contributed by atoms with Crippen molar-refractivity contribution in [3.8, 4) is 5.75 Å². The van der Waals surface area contributed by atoms with Crippen LogP contribution in [-0.2, 0) is 46.4 Å². The van der Waals surface area contributed by atoms with E-state index >= 15 is 0 Å². The van der Waals surface area contributed by atoms with Gasteiger partial charge in [-0.05, 0) is 56.7 Å². The number of phenolic OH excluding ortho intramolecular Hbond substituents is 1. The van der Waals surface area contributed by atoms with Crippen molar-refractivity contribution in [3.63, 3.8) is 0 Å². The summed E-state index contributed by atoms with van der Waals surface area (Å²) in [6.45, 7) is 7.42. The number of hydrogen-bond acceptors (Lipinski definition) is 12. The van der Waals surface area contributed by atoms with Crippen LogP contribution in [-0.4, -0.2) is 110 Å². The van der Waals surface area contributed by atoms with Gasteiger partial charge in [0.1, 0.15) is 11.8 Å². The smallest absolute Gasteiger partial charge is 0.225 e. The molecule has 0 saturated carbocycles. The standard InChI is InChI=1S/C41H63N9O10/c1-6-22(2)35(33(55)17-28(37(42)57)15-30-19-45-21-47-30)49-40(60)29(14-26-9-11-31(53)12-10-26)18-32(54)24(4)48-39(59)27(8-7-13-46-41(43)44)16-34(56)36(25(5)52)50-38(58)23(3)20-51/h9-12,19,21-25,27-29,35-36,51-53H,6-8,13-18,20H2,1-5H3,(H2,42,57)(H,45,47)(H,48,59)(H,49,60)(H,50,58)(H4,43,44,46)/t22-,23-,24-,25+,27+,28+,29+,35-,36-/m0/s1. The van der Waals surface area contributed by atoms with Crippen LogP contribution in [0.3, 0.4) is 0 Å². The van der Waals surface area contributed by atoms with Crippen LogP contribution in [0.25, 0.3) is 0 Å². The van der Waals surface area contributed by atoms with E-state index in [1.165, 1.54) is 45.4 Å². The lowest BCUT2D eigenvalue weighted by molar-refractivity contribution is -0.136. The molecule has 13 N–H and O–H groups in total. The van der Waals surface area contributed by atoms with Crippen molar-refractivity contribution in [3.05, 3.63) is 48.0 Å². The second-order valence-electron chi connectivity index (χ2n) is 15.5. The number of benzene rings is 1. The summed E-state index contributed by atoms with van der Waals surface area (Å²) < 4.78 is 0. The number of hydrogen-bond donors (Lipinski definition) is 10. The molecule has 0 unspecified atom stereocenters. The number of Topliss-reactive ketones (excluding diaryl/α,β-unsaturated/α-hetero) is 3. The number of nitrogens with two attached hydrogens (primary N) is 3. The van der Waals surface area contributed by atoms with Crippen molar-refractivity contribution in [1.82, 2.24) is 25.9 Å². The van der Waals surface area contributed by atoms with Crippen molar-refractivity contribution in [2.75, 3.05) is 13.2 Å². The number of primary amides is 1. The van der Waals surface area contributed by atoms with Gasteiger partial charge in [0.25, 0.3) is 0 Å². The zero-order valence-corrected chi connectivity index (χ0v) is 35.1. The fourth-order valence-corrected chi connectivity index (χ4v) is 6.45. The topological polar surface area (TPSA) is 335 Å². The fourth-order valence-electron chi connectivity index (χ4n) is 6.45. The third-order valence-corrected chi connectivity index (χ3v) is 10.5. The molecule has 0 bridgehead atoms. The van der Waals surface area contributed by atoms with Gasteiger partial charge in [-0.1, -0.05) is 39.3 Å². The molecular weight excluding hydrogens is 779 g/mol. The zero-order chi connectivity index (χ0) is 45.1. The van der Waals surface area contributed by atoms with E-state index in [9.17, 15) is 48.9 Å². The number of rotatable bonds is 28. The molecule has 1 aromatic carbocycles. The number of aromatic hydroxyl groups is 1. The highest BCUT2D eigenvalue weighted by molar-refractivity contribution is 5.97. The number of carbonyl (C=O) groups excluding carboxylic acids is 7. The first kappa shape index (κ1) is 50.5. The Morgan fingerprint density at radius 1 is 0.783 bits per heavy atom. The molecule has 2 aromatic rings. The summed E-state index contributed by atoms with van der Waals surface area (Å²) >= 11 is 0. The maximum absolute atomic E-state index is 14.1. The number of carbonyl (C=O) groups is 7. The predicted molar refractivity (Wildman–Crippen MR) is 221 cm³/mol. The molecule has 0 aliphatic heterocycles. The van der Waals surface area contributed by atoms with E-state index in [0.29, 0.717) is 17.7 Å². The number of aromatic nitrogens is 2. The Balaban J connectivity index is 2.33. The second-order valence-corrected chi connectivity index (χ2v) is 15.5. The molecule has 2 rings (SSSR count). The van der Waals surface area contributed by atoms with Gasteiger partial charge in [0.2, 0.25) is 23.6 Å². The average molecular weight is 842 g/mol. The van der Waals surface area contributed by atoms with Crippen molar-refractivity contribution < 1.29 is 48.9 Å². The minimum atomic E-state index is -1.39. The molecular formula is C41H63N9O10. The predicted octanol–water partition coefficient (Wildman–Crippen LogP) is -0.305. The van der Waals surface area contributed by atoms with Gasteiger partial charge in [-0.2, -0.15) is 0 Å². The largest absolute Gasteiger partial charge is 0.508 e. The summed E-state index contributed by atoms with van der Waals surface area (Å²) in [5, 5.41) is 37.5. The Hall–Kier alpha value is -5.69. The van der Waals surface area contributed by atoms with Crippen molar-refractivity contribution >= 4 is 46.9 Å². The van der Waals surface area contributed by atoms with Crippen molar-refractivity contribution in [2.24, 2.45) is 51.8 Å². The van der Waals surface area contributed by atoms with Crippen LogP contribution in [0.2, 0.25) is 0 Å². The molecule has 0 radical (unpaired) electrons. The second kappa shape index (κ2) is 25.1. The maximum Gasteiger partial charge on any atom is 0.225 e. The minimum absolute atomic E-state index is 0.0121. The molecule has 0 aliphatic rings. The number of H-pyrrole nitrogens is 1. The van der Waals surface area contributed by atoms with Crippen LogP contribution in [0.4, 0.5) is 0 Å². The first-order chi connectivity index (χ1) is 28.3. The van der Waals surface area contributed by atoms with Gasteiger partial charge in [0, 0.05) is 56.0 Å². The third-order valence-electron chi connectivity index (χ3n) is 10.5. The average Bonchev–Trinajstić information content (AvgIpc) is 3.72. The highest BCUT2D eigenvalue weighted by atomic mass is 16.3. The van der Waals surface area contributed by atoms with E-state index in [-0.39, 0.29) is 62.7 Å². The van der Waals surface area contributed by atoms with Crippen LogP contribution in [0.15, 0.2) is 41.8 Å². The Morgan fingerprint density at radius 3 is 1.92 bits per heavy atom. The number of aliphatic imine (C=N–C) groups is 1.